The van der Waals surface area contributed by atoms with Crippen molar-refractivity contribution < 1.29 is 38.2 Å². The van der Waals surface area contributed by atoms with Crippen LogP contribution in [-0.4, -0.2) is 80.6 Å². The third kappa shape index (κ3) is 26.2. The van der Waals surface area contributed by atoms with Crippen LogP contribution < -0.4 is 0 Å². The Kier molecular flexibility index (Phi) is 26.4. The molecular formula is C35H66NO7+. The van der Waals surface area contributed by atoms with Crippen molar-refractivity contribution in [2.75, 3.05) is 41.0 Å². The van der Waals surface area contributed by atoms with E-state index in [1.807, 2.05) is 21.1 Å². The molecule has 8 nitrogen and oxygen atoms in total. The van der Waals surface area contributed by atoms with Gasteiger partial charge in [-0.25, -0.2) is 4.79 Å². The van der Waals surface area contributed by atoms with Gasteiger partial charge in [-0.05, 0) is 32.1 Å². The van der Waals surface area contributed by atoms with Crippen LogP contribution in [0.5, 0.6) is 0 Å². The Balaban J connectivity index is 4.49. The molecule has 2 atom stereocenters. The van der Waals surface area contributed by atoms with E-state index in [-0.39, 0.29) is 36.2 Å². The Morgan fingerprint density at radius 3 is 1.74 bits per heavy atom. The summed E-state index contributed by atoms with van der Waals surface area (Å²) in [6.45, 7) is 4.64. The maximum Gasteiger partial charge on any atom is 0.362 e. The van der Waals surface area contributed by atoms with Crippen LogP contribution in [0.4, 0.5) is 0 Å². The van der Waals surface area contributed by atoms with Crippen molar-refractivity contribution in [3.63, 3.8) is 0 Å². The summed E-state index contributed by atoms with van der Waals surface area (Å²) in [7, 11) is 5.50. The standard InChI is InChI=1S/C35H65NO7/c1-6-8-10-12-14-16-18-19-21-23-25-33(37)42-30-31(29-41-28-27-32(35(39)40)36(3,4)5)43-34(38)26-24-22-20-17-15-13-11-9-7-2/h12,14,31-32H,6-11,13,15-30H2,1-5H3/p+1/b14-12+. The molecule has 0 aliphatic rings. The highest BCUT2D eigenvalue weighted by Crippen LogP contribution is 2.13. The predicted molar refractivity (Wildman–Crippen MR) is 174 cm³/mol. The van der Waals surface area contributed by atoms with Crippen molar-refractivity contribution in [1.29, 1.82) is 0 Å². The van der Waals surface area contributed by atoms with Gasteiger partial charge in [-0.2, -0.15) is 0 Å². The number of nitrogens with zero attached hydrogens (tertiary/aromatic N) is 1. The molecule has 0 saturated carbocycles. The second-order valence-electron chi connectivity index (χ2n) is 12.8. The topological polar surface area (TPSA) is 99.1 Å². The monoisotopic (exact) mass is 612 g/mol. The molecule has 0 amide bonds. The van der Waals surface area contributed by atoms with Crippen LogP contribution in [0.2, 0.25) is 0 Å². The SMILES string of the molecule is CCCC/C=C/CCCCCCC(=O)OCC(COCCC(C(=O)O)[N+](C)(C)C)OC(=O)CCCCCCCCCCC. The molecule has 0 aliphatic carbocycles. The molecule has 2 unspecified atom stereocenters. The summed E-state index contributed by atoms with van der Waals surface area (Å²) in [5.74, 6) is -1.49. The second-order valence-corrected chi connectivity index (χ2v) is 12.8. The van der Waals surface area contributed by atoms with E-state index in [1.54, 1.807) is 0 Å². The summed E-state index contributed by atoms with van der Waals surface area (Å²) in [6, 6.07) is -0.609. The van der Waals surface area contributed by atoms with Gasteiger partial charge in [-0.1, -0.05) is 103 Å². The summed E-state index contributed by atoms with van der Waals surface area (Å²) in [5, 5.41) is 9.54. The van der Waals surface area contributed by atoms with Crippen molar-refractivity contribution in [2.45, 2.75) is 154 Å². The third-order valence-corrected chi connectivity index (χ3v) is 7.66. The summed E-state index contributed by atoms with van der Waals surface area (Å²) in [5.41, 5.74) is 0. The molecule has 0 aromatic heterocycles. The van der Waals surface area contributed by atoms with Crippen LogP contribution in [0.15, 0.2) is 12.2 Å². The Morgan fingerprint density at radius 2 is 1.19 bits per heavy atom. The molecule has 0 heterocycles. The van der Waals surface area contributed by atoms with E-state index >= 15 is 0 Å². The molecule has 0 rings (SSSR count). The number of unbranched alkanes of at least 4 members (excludes halogenated alkanes) is 14. The molecule has 0 radical (unpaired) electrons. The summed E-state index contributed by atoms with van der Waals surface area (Å²) in [4.78, 5) is 36.5. The molecule has 43 heavy (non-hydrogen) atoms. The molecule has 1 N–H and O–H groups in total. The number of carboxylic acid groups (broad SMARTS) is 1. The smallest absolute Gasteiger partial charge is 0.362 e. The molecule has 8 heteroatoms. The van der Waals surface area contributed by atoms with E-state index in [2.05, 4.69) is 26.0 Å². The number of likely N-dealkylation sites (N-methyl/N-ethyl adjacent to an activating group) is 1. The first-order valence-electron chi connectivity index (χ1n) is 17.2. The lowest BCUT2D eigenvalue weighted by Gasteiger charge is -2.31. The zero-order chi connectivity index (χ0) is 32.2. The number of esters is 2. The quantitative estimate of drug-likeness (QED) is 0.0380. The zero-order valence-corrected chi connectivity index (χ0v) is 28.4. The fourth-order valence-electron chi connectivity index (χ4n) is 4.89. The molecule has 0 saturated heterocycles. The number of carbonyl (C=O) groups is 3. The minimum absolute atomic E-state index is 0.0530. The van der Waals surface area contributed by atoms with E-state index in [4.69, 9.17) is 14.2 Å². The maximum atomic E-state index is 12.5. The van der Waals surface area contributed by atoms with Crippen LogP contribution >= 0.6 is 0 Å². The number of allylic oxidation sites excluding steroid dienone is 2. The van der Waals surface area contributed by atoms with Gasteiger partial charge in [0, 0.05) is 19.3 Å². The van der Waals surface area contributed by atoms with Gasteiger partial charge >= 0.3 is 17.9 Å². The summed E-state index contributed by atoms with van der Waals surface area (Å²) >= 11 is 0. The normalized spacial score (nSPS) is 13.2. The van der Waals surface area contributed by atoms with Crippen LogP contribution in [0.25, 0.3) is 0 Å². The Labute approximate surface area is 263 Å². The molecule has 0 aromatic rings. The second kappa shape index (κ2) is 27.6. The van der Waals surface area contributed by atoms with Crippen molar-refractivity contribution in [3.05, 3.63) is 12.2 Å². The van der Waals surface area contributed by atoms with E-state index in [0.717, 1.165) is 57.8 Å². The van der Waals surface area contributed by atoms with Crippen LogP contribution in [0.1, 0.15) is 142 Å². The van der Waals surface area contributed by atoms with Gasteiger partial charge < -0.3 is 23.8 Å². The Bertz CT molecular complexity index is 732. The van der Waals surface area contributed by atoms with E-state index < -0.39 is 18.1 Å². The zero-order valence-electron chi connectivity index (χ0n) is 28.4. The van der Waals surface area contributed by atoms with Gasteiger partial charge in [-0.15, -0.1) is 0 Å². The minimum Gasteiger partial charge on any atom is -0.477 e. The van der Waals surface area contributed by atoms with Crippen LogP contribution in [-0.2, 0) is 28.6 Å². The largest absolute Gasteiger partial charge is 0.477 e. The molecule has 0 aliphatic heterocycles. The van der Waals surface area contributed by atoms with Gasteiger partial charge in [0.25, 0.3) is 0 Å². The van der Waals surface area contributed by atoms with Gasteiger partial charge in [0.05, 0.1) is 34.4 Å². The number of quaternary nitrogens is 1. The van der Waals surface area contributed by atoms with E-state index in [0.29, 0.717) is 19.3 Å². The lowest BCUT2D eigenvalue weighted by Crippen LogP contribution is -2.50. The fourth-order valence-corrected chi connectivity index (χ4v) is 4.89. The predicted octanol–water partition coefficient (Wildman–Crippen LogP) is 8.02. The number of ether oxygens (including phenoxy) is 3. The molecule has 0 fully saturated rings. The van der Waals surface area contributed by atoms with Crippen LogP contribution in [0, 0.1) is 0 Å². The van der Waals surface area contributed by atoms with Crippen molar-refractivity contribution in [1.82, 2.24) is 0 Å². The number of carbonyl (C=O) groups excluding carboxylic acids is 2. The Morgan fingerprint density at radius 1 is 0.674 bits per heavy atom. The van der Waals surface area contributed by atoms with Gasteiger partial charge in [0.1, 0.15) is 6.61 Å². The molecule has 0 spiro atoms. The highest BCUT2D eigenvalue weighted by Gasteiger charge is 2.31. The van der Waals surface area contributed by atoms with Crippen LogP contribution in [0.3, 0.4) is 0 Å². The first-order valence-corrected chi connectivity index (χ1v) is 17.2. The first kappa shape index (κ1) is 41.1. The number of carboxylic acids is 1. The molecule has 252 valence electrons. The summed E-state index contributed by atoms with van der Waals surface area (Å²) < 4.78 is 17.1. The van der Waals surface area contributed by atoms with Gasteiger partial charge in [0.2, 0.25) is 0 Å². The number of hydrogen-bond donors (Lipinski definition) is 1. The Hall–Kier alpha value is -1.93. The third-order valence-electron chi connectivity index (χ3n) is 7.66. The lowest BCUT2D eigenvalue weighted by molar-refractivity contribution is -0.887. The number of rotatable bonds is 30. The average Bonchev–Trinajstić information content (AvgIpc) is 2.94. The average molecular weight is 613 g/mol. The first-order chi connectivity index (χ1) is 20.6. The number of hydrogen-bond acceptors (Lipinski definition) is 6. The molecule has 0 aromatic carbocycles. The van der Waals surface area contributed by atoms with Crippen molar-refractivity contribution in [3.8, 4) is 0 Å². The van der Waals surface area contributed by atoms with Crippen molar-refractivity contribution in [2.24, 2.45) is 0 Å². The van der Waals surface area contributed by atoms with Gasteiger partial charge in [-0.3, -0.25) is 9.59 Å². The van der Waals surface area contributed by atoms with Crippen molar-refractivity contribution >= 4 is 17.9 Å². The lowest BCUT2D eigenvalue weighted by atomic mass is 10.1. The van der Waals surface area contributed by atoms with E-state index in [1.165, 1.54) is 51.4 Å². The summed E-state index contributed by atoms with van der Waals surface area (Å²) in [6.07, 6.45) is 24.0. The fraction of sp³-hybridized carbons (Fsp3) is 0.857. The van der Waals surface area contributed by atoms with Gasteiger partial charge in [0.15, 0.2) is 12.1 Å². The van der Waals surface area contributed by atoms with E-state index in [9.17, 15) is 19.5 Å². The highest BCUT2D eigenvalue weighted by molar-refractivity contribution is 5.72. The maximum absolute atomic E-state index is 12.5. The number of aliphatic carboxylic acids is 1. The molecule has 0 bridgehead atoms. The molecular weight excluding hydrogens is 546 g/mol. The highest BCUT2D eigenvalue weighted by atomic mass is 16.6. The minimum atomic E-state index is -0.877.